The van der Waals surface area contributed by atoms with Crippen molar-refractivity contribution >= 4 is 11.6 Å². The zero-order valence-corrected chi connectivity index (χ0v) is 15.8. The van der Waals surface area contributed by atoms with E-state index < -0.39 is 0 Å². The highest BCUT2D eigenvalue weighted by Crippen LogP contribution is 2.21. The number of hydrogen-bond donors (Lipinski definition) is 0. The summed E-state index contributed by atoms with van der Waals surface area (Å²) >= 11 is 0. The molecule has 4 rings (SSSR count). The summed E-state index contributed by atoms with van der Waals surface area (Å²) in [5.41, 5.74) is 3.42. The molecule has 0 spiro atoms. The van der Waals surface area contributed by atoms with Gasteiger partial charge in [-0.25, -0.2) is 9.50 Å². The van der Waals surface area contributed by atoms with E-state index in [0.29, 0.717) is 24.6 Å². The highest BCUT2D eigenvalue weighted by Gasteiger charge is 2.26. The zero-order valence-electron chi connectivity index (χ0n) is 15.8. The van der Waals surface area contributed by atoms with Crippen LogP contribution in [0.4, 0.5) is 0 Å². The molecular formula is C21H24N4O2. The summed E-state index contributed by atoms with van der Waals surface area (Å²) in [6.07, 6.45) is 5.43. The number of nitrogens with zero attached hydrogens (tertiary/aromatic N) is 4. The van der Waals surface area contributed by atoms with Gasteiger partial charge in [0.1, 0.15) is 5.75 Å². The lowest BCUT2D eigenvalue weighted by Crippen LogP contribution is -2.42. The van der Waals surface area contributed by atoms with Crippen molar-refractivity contribution in [1.29, 1.82) is 0 Å². The van der Waals surface area contributed by atoms with E-state index in [1.54, 1.807) is 16.9 Å². The summed E-state index contributed by atoms with van der Waals surface area (Å²) in [7, 11) is 0. The first kappa shape index (κ1) is 17.5. The van der Waals surface area contributed by atoms with Gasteiger partial charge in [-0.3, -0.25) is 4.79 Å². The van der Waals surface area contributed by atoms with Gasteiger partial charge in [-0.1, -0.05) is 17.7 Å². The summed E-state index contributed by atoms with van der Waals surface area (Å²) in [5, 5.41) is 4.25. The number of carbonyl (C=O) groups excluding carboxylic acids is 1. The maximum absolute atomic E-state index is 13.0. The molecule has 0 aliphatic carbocycles. The predicted molar refractivity (Wildman–Crippen MR) is 103 cm³/mol. The SMILES string of the molecule is Cc1ccc(OC[C@@H]2CCCN(C(=O)c3cnc4ccnn4c3C)C2)cc1. The molecular weight excluding hydrogens is 340 g/mol. The minimum absolute atomic E-state index is 0.0254. The van der Waals surface area contributed by atoms with Crippen molar-refractivity contribution in [2.45, 2.75) is 26.7 Å². The van der Waals surface area contributed by atoms with Crippen LogP contribution in [0.15, 0.2) is 42.7 Å². The molecule has 1 atom stereocenters. The maximum atomic E-state index is 13.0. The van der Waals surface area contributed by atoms with E-state index in [2.05, 4.69) is 17.0 Å². The van der Waals surface area contributed by atoms with Crippen LogP contribution in [-0.2, 0) is 0 Å². The van der Waals surface area contributed by atoms with Crippen molar-refractivity contribution in [3.05, 3.63) is 59.5 Å². The van der Waals surface area contributed by atoms with Crippen molar-refractivity contribution in [1.82, 2.24) is 19.5 Å². The van der Waals surface area contributed by atoms with E-state index in [0.717, 1.165) is 36.5 Å². The number of benzene rings is 1. The molecule has 0 saturated carbocycles. The Balaban J connectivity index is 1.43. The van der Waals surface area contributed by atoms with Gasteiger partial charge in [-0.05, 0) is 38.8 Å². The fraction of sp³-hybridized carbons (Fsp3) is 0.381. The van der Waals surface area contributed by atoms with Crippen molar-refractivity contribution < 1.29 is 9.53 Å². The Kier molecular flexibility index (Phi) is 4.79. The van der Waals surface area contributed by atoms with E-state index in [1.165, 1.54) is 5.56 Å². The number of likely N-dealkylation sites (tertiary alicyclic amines) is 1. The van der Waals surface area contributed by atoms with Crippen LogP contribution in [0.25, 0.3) is 5.65 Å². The average Bonchev–Trinajstić information content (AvgIpc) is 3.17. The van der Waals surface area contributed by atoms with Crippen LogP contribution in [0.5, 0.6) is 5.75 Å². The number of aryl methyl sites for hydroxylation is 2. The van der Waals surface area contributed by atoms with Gasteiger partial charge in [0.05, 0.1) is 24.1 Å². The fourth-order valence-corrected chi connectivity index (χ4v) is 3.61. The van der Waals surface area contributed by atoms with Crippen molar-refractivity contribution in [3.63, 3.8) is 0 Å². The van der Waals surface area contributed by atoms with Gasteiger partial charge in [0.25, 0.3) is 5.91 Å². The Bertz CT molecular complexity index is 948. The van der Waals surface area contributed by atoms with Gasteiger partial charge in [0, 0.05) is 31.3 Å². The first-order valence-corrected chi connectivity index (χ1v) is 9.40. The minimum atomic E-state index is 0.0254. The third-order valence-corrected chi connectivity index (χ3v) is 5.20. The smallest absolute Gasteiger partial charge is 0.257 e. The first-order valence-electron chi connectivity index (χ1n) is 9.40. The van der Waals surface area contributed by atoms with Crippen molar-refractivity contribution in [2.24, 2.45) is 5.92 Å². The van der Waals surface area contributed by atoms with Crippen LogP contribution < -0.4 is 4.74 Å². The van der Waals surface area contributed by atoms with E-state index in [-0.39, 0.29) is 5.91 Å². The minimum Gasteiger partial charge on any atom is -0.493 e. The molecule has 140 valence electrons. The lowest BCUT2D eigenvalue weighted by Gasteiger charge is -2.33. The summed E-state index contributed by atoms with van der Waals surface area (Å²) in [5.74, 6) is 1.25. The number of hydrogen-bond acceptors (Lipinski definition) is 4. The molecule has 3 aromatic rings. The Morgan fingerprint density at radius 1 is 1.22 bits per heavy atom. The number of rotatable bonds is 4. The van der Waals surface area contributed by atoms with E-state index in [9.17, 15) is 4.79 Å². The molecule has 1 aliphatic heterocycles. The van der Waals surface area contributed by atoms with Gasteiger partial charge < -0.3 is 9.64 Å². The monoisotopic (exact) mass is 364 g/mol. The maximum Gasteiger partial charge on any atom is 0.257 e. The quantitative estimate of drug-likeness (QED) is 0.713. The standard InChI is InChI=1S/C21H24N4O2/c1-15-5-7-18(8-6-15)27-14-17-4-3-11-24(13-17)21(26)19-12-22-20-9-10-23-25(20)16(19)2/h5-10,12,17H,3-4,11,13-14H2,1-2H3/t17-/m1/s1. The van der Waals surface area contributed by atoms with Gasteiger partial charge in [-0.2, -0.15) is 5.10 Å². The molecule has 0 unspecified atom stereocenters. The molecule has 1 fully saturated rings. The predicted octanol–water partition coefficient (Wildman–Crippen LogP) is 3.28. The first-order chi connectivity index (χ1) is 13.1. The van der Waals surface area contributed by atoms with Crippen LogP contribution >= 0.6 is 0 Å². The molecule has 1 amide bonds. The molecule has 3 heterocycles. The Morgan fingerprint density at radius 2 is 2.04 bits per heavy atom. The van der Waals surface area contributed by atoms with Crippen LogP contribution in [0.2, 0.25) is 0 Å². The number of carbonyl (C=O) groups is 1. The molecule has 27 heavy (non-hydrogen) atoms. The van der Waals surface area contributed by atoms with Crippen LogP contribution in [0, 0.1) is 19.8 Å². The Morgan fingerprint density at radius 3 is 2.85 bits per heavy atom. The second-order valence-electron chi connectivity index (χ2n) is 7.24. The highest BCUT2D eigenvalue weighted by molar-refractivity contribution is 5.95. The van der Waals surface area contributed by atoms with Crippen molar-refractivity contribution in [3.8, 4) is 5.75 Å². The second kappa shape index (κ2) is 7.39. The highest BCUT2D eigenvalue weighted by atomic mass is 16.5. The summed E-state index contributed by atoms with van der Waals surface area (Å²) < 4.78 is 7.66. The van der Waals surface area contributed by atoms with Gasteiger partial charge in [0.2, 0.25) is 0 Å². The number of ether oxygens (including phenoxy) is 1. The zero-order chi connectivity index (χ0) is 18.8. The molecule has 2 aromatic heterocycles. The van der Waals surface area contributed by atoms with Crippen molar-refractivity contribution in [2.75, 3.05) is 19.7 Å². The van der Waals surface area contributed by atoms with Crippen LogP contribution in [-0.4, -0.2) is 45.1 Å². The average molecular weight is 364 g/mol. The summed E-state index contributed by atoms with van der Waals surface area (Å²) in [6.45, 7) is 6.09. The number of amides is 1. The Hall–Kier alpha value is -2.89. The molecule has 1 aromatic carbocycles. The molecule has 0 radical (unpaired) electrons. The topological polar surface area (TPSA) is 59.7 Å². The number of piperidine rings is 1. The summed E-state index contributed by atoms with van der Waals surface area (Å²) in [4.78, 5) is 19.3. The second-order valence-corrected chi connectivity index (χ2v) is 7.24. The van der Waals surface area contributed by atoms with Gasteiger partial charge in [-0.15, -0.1) is 0 Å². The third kappa shape index (κ3) is 3.65. The fourth-order valence-electron chi connectivity index (χ4n) is 3.61. The third-order valence-electron chi connectivity index (χ3n) is 5.20. The Labute approximate surface area is 158 Å². The van der Waals surface area contributed by atoms with Crippen LogP contribution in [0.3, 0.4) is 0 Å². The van der Waals surface area contributed by atoms with E-state index in [4.69, 9.17) is 4.74 Å². The number of aromatic nitrogens is 3. The van der Waals surface area contributed by atoms with E-state index >= 15 is 0 Å². The van der Waals surface area contributed by atoms with Crippen LogP contribution in [0.1, 0.15) is 34.5 Å². The molecule has 6 nitrogen and oxygen atoms in total. The largest absolute Gasteiger partial charge is 0.493 e. The molecule has 1 saturated heterocycles. The number of fused-ring (bicyclic) bond motifs is 1. The lowest BCUT2D eigenvalue weighted by molar-refractivity contribution is 0.0631. The molecule has 1 aliphatic rings. The molecule has 0 bridgehead atoms. The molecule has 6 heteroatoms. The van der Waals surface area contributed by atoms with Gasteiger partial charge >= 0.3 is 0 Å². The van der Waals surface area contributed by atoms with E-state index in [1.807, 2.05) is 42.2 Å². The van der Waals surface area contributed by atoms with Gasteiger partial charge in [0.15, 0.2) is 5.65 Å². The summed E-state index contributed by atoms with van der Waals surface area (Å²) in [6, 6.07) is 9.92. The lowest BCUT2D eigenvalue weighted by atomic mass is 9.98. The normalized spacial score (nSPS) is 17.3. The molecule has 0 N–H and O–H groups in total.